The molecule has 0 radical (unpaired) electrons. The van der Waals surface area contributed by atoms with Gasteiger partial charge in [0.25, 0.3) is 0 Å². The molecule has 0 amide bonds. The van der Waals surface area contributed by atoms with Gasteiger partial charge < -0.3 is 24.1 Å². The average molecular weight is 338 g/mol. The second-order valence-corrected chi connectivity index (χ2v) is 4.68. The molecule has 0 aliphatic carbocycles. The Kier molecular flexibility index (Phi) is 4.15. The lowest BCUT2D eigenvalue weighted by atomic mass is 10.0. The summed E-state index contributed by atoms with van der Waals surface area (Å²) in [5.41, 5.74) is -1.04. The Labute approximate surface area is 127 Å². The van der Waals surface area contributed by atoms with Crippen molar-refractivity contribution in [3.05, 3.63) is 22.2 Å². The molecule has 1 aliphatic heterocycles. The van der Waals surface area contributed by atoms with Crippen LogP contribution in [0.5, 0.6) is 17.2 Å². The van der Waals surface area contributed by atoms with Crippen LogP contribution in [-0.2, 0) is 4.79 Å². The normalized spacial score (nSPS) is 17.2. The van der Waals surface area contributed by atoms with Crippen molar-refractivity contribution >= 4 is 23.6 Å². The Balaban J connectivity index is 2.70. The van der Waals surface area contributed by atoms with Gasteiger partial charge in [0.1, 0.15) is 0 Å². The quantitative estimate of drug-likeness (QED) is 0.841. The average Bonchev–Trinajstić information content (AvgIpc) is 2.43. The molecule has 2 rings (SSSR count). The predicted molar refractivity (Wildman–Crippen MR) is 68.0 cm³/mol. The Morgan fingerprint density at radius 2 is 1.91 bits per heavy atom. The van der Waals surface area contributed by atoms with Crippen LogP contribution in [0.3, 0.4) is 0 Å². The Morgan fingerprint density at radius 3 is 2.36 bits per heavy atom. The third kappa shape index (κ3) is 2.66. The molecule has 0 N–H and O–H groups in total. The second kappa shape index (κ2) is 5.60. The van der Waals surface area contributed by atoms with Crippen LogP contribution in [0.25, 0.3) is 6.08 Å². The first-order chi connectivity index (χ1) is 10.2. The minimum absolute atomic E-state index is 0.0161. The number of carbonyl (C=O) groups is 1. The highest BCUT2D eigenvalue weighted by atomic mass is 35.5. The van der Waals surface area contributed by atoms with Crippen molar-refractivity contribution in [1.29, 1.82) is 0 Å². The summed E-state index contributed by atoms with van der Waals surface area (Å²) in [6.07, 6.45) is -6.83. The lowest BCUT2D eigenvalue weighted by Gasteiger charge is -2.30. The zero-order valence-corrected chi connectivity index (χ0v) is 12.0. The van der Waals surface area contributed by atoms with Crippen LogP contribution in [0, 0.1) is 0 Å². The fraction of sp³-hybridized carbons (Fsp3) is 0.308. The number of ether oxygens (including phenoxy) is 3. The summed E-state index contributed by atoms with van der Waals surface area (Å²) in [7, 11) is 2.45. The molecule has 0 bridgehead atoms. The molecule has 1 unspecified atom stereocenters. The van der Waals surface area contributed by atoms with E-state index in [0.717, 1.165) is 6.08 Å². The Bertz CT molecular complexity index is 654. The van der Waals surface area contributed by atoms with E-state index < -0.39 is 23.8 Å². The topological polar surface area (TPSA) is 67.8 Å². The van der Waals surface area contributed by atoms with Crippen molar-refractivity contribution in [2.24, 2.45) is 0 Å². The van der Waals surface area contributed by atoms with Gasteiger partial charge in [-0.3, -0.25) is 0 Å². The molecule has 120 valence electrons. The van der Waals surface area contributed by atoms with Crippen LogP contribution in [0.1, 0.15) is 5.56 Å². The van der Waals surface area contributed by atoms with E-state index in [0.29, 0.717) is 0 Å². The highest BCUT2D eigenvalue weighted by molar-refractivity contribution is 6.32. The fourth-order valence-corrected chi connectivity index (χ4v) is 2.33. The van der Waals surface area contributed by atoms with Gasteiger partial charge in [-0.05, 0) is 12.1 Å². The van der Waals surface area contributed by atoms with Crippen LogP contribution < -0.4 is 19.3 Å². The predicted octanol–water partition coefficient (Wildman–Crippen LogP) is 1.81. The van der Waals surface area contributed by atoms with E-state index in [1.807, 2.05) is 0 Å². The maximum Gasteiger partial charge on any atom is 0.429 e. The number of hydrogen-bond acceptors (Lipinski definition) is 5. The molecule has 1 heterocycles. The van der Waals surface area contributed by atoms with Gasteiger partial charge in [0.15, 0.2) is 11.5 Å². The number of carboxylic acids is 1. The molecular weight excluding hydrogens is 329 g/mol. The van der Waals surface area contributed by atoms with E-state index in [9.17, 15) is 23.1 Å². The molecule has 22 heavy (non-hydrogen) atoms. The third-order valence-electron chi connectivity index (χ3n) is 2.94. The molecule has 0 aromatic heterocycles. The molecule has 1 atom stereocenters. The van der Waals surface area contributed by atoms with Gasteiger partial charge >= 0.3 is 6.18 Å². The summed E-state index contributed by atoms with van der Waals surface area (Å²) in [6, 6.07) is 1.22. The number of aliphatic carboxylic acids is 1. The van der Waals surface area contributed by atoms with Gasteiger partial charge in [-0.1, -0.05) is 11.6 Å². The smallest absolute Gasteiger partial charge is 0.429 e. The van der Waals surface area contributed by atoms with Crippen molar-refractivity contribution < 1.29 is 37.3 Å². The van der Waals surface area contributed by atoms with Gasteiger partial charge in [-0.2, -0.15) is 13.2 Å². The largest absolute Gasteiger partial charge is 0.545 e. The summed E-state index contributed by atoms with van der Waals surface area (Å²) in [6.45, 7) is 0. The number of benzene rings is 1. The maximum atomic E-state index is 13.0. The van der Waals surface area contributed by atoms with Crippen LogP contribution in [0.4, 0.5) is 13.2 Å². The van der Waals surface area contributed by atoms with Crippen molar-refractivity contribution in [3.8, 4) is 17.2 Å². The van der Waals surface area contributed by atoms with Gasteiger partial charge in [-0.25, -0.2) is 0 Å². The summed E-state index contributed by atoms with van der Waals surface area (Å²) < 4.78 is 53.7. The third-order valence-corrected chi connectivity index (χ3v) is 3.22. The lowest BCUT2D eigenvalue weighted by Crippen LogP contribution is -2.44. The SMILES string of the molecule is COc1c(Cl)cc2c(c1OC)OC(C(F)(F)F)C(C(=O)[O-])=C2. The molecule has 0 fully saturated rings. The van der Waals surface area contributed by atoms with E-state index >= 15 is 0 Å². The Hall–Kier alpha value is -2.09. The standard InChI is InChI=1S/C13H10ClF3O5/c1-20-9-7(14)4-5-3-6(12(18)19)11(13(15,16)17)22-8(5)10(9)21-2/h3-4,11H,1-2H3,(H,18,19)/p-1. The lowest BCUT2D eigenvalue weighted by molar-refractivity contribution is -0.302. The summed E-state index contributed by atoms with van der Waals surface area (Å²) >= 11 is 5.92. The van der Waals surface area contributed by atoms with Crippen molar-refractivity contribution in [2.45, 2.75) is 12.3 Å². The van der Waals surface area contributed by atoms with Crippen LogP contribution in [0.2, 0.25) is 5.02 Å². The molecule has 5 nitrogen and oxygen atoms in total. The summed E-state index contributed by atoms with van der Waals surface area (Å²) in [5, 5.41) is 11.0. The van der Waals surface area contributed by atoms with E-state index in [-0.39, 0.29) is 27.8 Å². The highest BCUT2D eigenvalue weighted by Gasteiger charge is 2.47. The number of methoxy groups -OCH3 is 2. The van der Waals surface area contributed by atoms with Gasteiger partial charge in [-0.15, -0.1) is 0 Å². The van der Waals surface area contributed by atoms with Crippen molar-refractivity contribution in [2.75, 3.05) is 14.2 Å². The molecule has 0 saturated carbocycles. The zero-order valence-electron chi connectivity index (χ0n) is 11.3. The number of halogens is 4. The van der Waals surface area contributed by atoms with Crippen molar-refractivity contribution in [3.63, 3.8) is 0 Å². The van der Waals surface area contributed by atoms with E-state index in [1.54, 1.807) is 0 Å². The van der Waals surface area contributed by atoms with E-state index in [4.69, 9.17) is 25.8 Å². The first-order valence-corrected chi connectivity index (χ1v) is 6.19. The second-order valence-electron chi connectivity index (χ2n) is 4.27. The monoisotopic (exact) mass is 337 g/mol. The number of carbonyl (C=O) groups excluding carboxylic acids is 1. The molecule has 0 spiro atoms. The molecule has 1 aromatic carbocycles. The summed E-state index contributed by atoms with van der Waals surface area (Å²) in [5.74, 6) is -2.48. The minimum Gasteiger partial charge on any atom is -0.545 e. The maximum absolute atomic E-state index is 13.0. The molecule has 9 heteroatoms. The van der Waals surface area contributed by atoms with Gasteiger partial charge in [0.2, 0.25) is 11.9 Å². The first kappa shape index (κ1) is 16.3. The molecule has 1 aromatic rings. The molecule has 1 aliphatic rings. The van der Waals surface area contributed by atoms with Gasteiger partial charge in [0.05, 0.1) is 25.2 Å². The minimum atomic E-state index is -4.94. The van der Waals surface area contributed by atoms with Crippen molar-refractivity contribution in [1.82, 2.24) is 0 Å². The number of fused-ring (bicyclic) bond motifs is 1. The number of rotatable bonds is 3. The number of carboxylic acid groups (broad SMARTS) is 1. The van der Waals surface area contributed by atoms with Crippen LogP contribution in [0.15, 0.2) is 11.6 Å². The zero-order chi connectivity index (χ0) is 16.7. The van der Waals surface area contributed by atoms with Crippen LogP contribution in [-0.4, -0.2) is 32.5 Å². The van der Waals surface area contributed by atoms with E-state index in [1.165, 1.54) is 20.3 Å². The number of hydrogen-bond donors (Lipinski definition) is 0. The van der Waals surface area contributed by atoms with Crippen LogP contribution >= 0.6 is 11.6 Å². The van der Waals surface area contributed by atoms with Gasteiger partial charge in [0, 0.05) is 11.1 Å². The Morgan fingerprint density at radius 1 is 1.32 bits per heavy atom. The number of alkyl halides is 3. The van der Waals surface area contributed by atoms with E-state index in [2.05, 4.69) is 0 Å². The summed E-state index contributed by atoms with van der Waals surface area (Å²) in [4.78, 5) is 10.9. The molecule has 0 saturated heterocycles. The fourth-order valence-electron chi connectivity index (χ4n) is 2.05. The first-order valence-electron chi connectivity index (χ1n) is 5.81. The highest BCUT2D eigenvalue weighted by Crippen LogP contribution is 2.49. The molecular formula is C13H9ClF3O5-.